The maximum Gasteiger partial charge on any atom is 0.230 e. The molecule has 0 aliphatic heterocycles. The van der Waals surface area contributed by atoms with E-state index in [1.165, 1.54) is 50.3 Å². The number of amides is 1. The van der Waals surface area contributed by atoms with Gasteiger partial charge in [0.25, 0.3) is 0 Å². The van der Waals surface area contributed by atoms with E-state index < -0.39 is 0 Å². The van der Waals surface area contributed by atoms with Crippen LogP contribution in [-0.2, 0) is 4.79 Å². The van der Waals surface area contributed by atoms with Crippen LogP contribution in [-0.4, -0.2) is 32.8 Å². The smallest absolute Gasteiger partial charge is 0.230 e. The van der Waals surface area contributed by atoms with Gasteiger partial charge < -0.3 is 5.32 Å². The molecule has 4 fully saturated rings. The maximum atomic E-state index is 12.5. The van der Waals surface area contributed by atoms with Crippen LogP contribution in [0.1, 0.15) is 38.5 Å². The first-order chi connectivity index (χ1) is 13.0. The lowest BCUT2D eigenvalue weighted by molar-refractivity contribution is -0.120. The molecule has 2 heterocycles. The summed E-state index contributed by atoms with van der Waals surface area (Å²) in [7, 11) is 0. The molecular formula is C19H22Cl2N4OS. The molecule has 0 aromatic carbocycles. The zero-order valence-electron chi connectivity index (χ0n) is 15.0. The second-order valence-electron chi connectivity index (χ2n) is 8.67. The number of rotatable bonds is 5. The number of hydrogen-bond donors (Lipinski definition) is 1. The third-order valence-corrected chi connectivity index (χ3v) is 7.98. The molecule has 1 amide bonds. The number of halogens is 2. The number of nitrogens with one attached hydrogen (secondary N) is 1. The minimum atomic E-state index is 0.0561. The Bertz CT molecular complexity index is 864. The zero-order chi connectivity index (χ0) is 18.6. The van der Waals surface area contributed by atoms with Crippen molar-refractivity contribution in [3.63, 3.8) is 0 Å². The number of fused-ring (bicyclic) bond motifs is 1. The lowest BCUT2D eigenvalue weighted by atomic mass is 9.49. The van der Waals surface area contributed by atoms with Crippen molar-refractivity contribution in [2.75, 3.05) is 12.3 Å². The van der Waals surface area contributed by atoms with Crippen molar-refractivity contribution in [2.24, 2.45) is 23.2 Å². The SMILES string of the molecule is O=C(CSc1nnc2c(Cl)cc(Cl)cn12)NCC12CC3CC(CC(C3)C1)C2. The average molecular weight is 425 g/mol. The van der Waals surface area contributed by atoms with Crippen LogP contribution in [0.3, 0.4) is 0 Å². The molecule has 4 aliphatic rings. The van der Waals surface area contributed by atoms with E-state index in [0.29, 0.717) is 32.0 Å². The lowest BCUT2D eigenvalue weighted by Gasteiger charge is -2.56. The van der Waals surface area contributed by atoms with E-state index in [2.05, 4.69) is 15.5 Å². The van der Waals surface area contributed by atoms with E-state index in [-0.39, 0.29) is 5.91 Å². The predicted octanol–water partition coefficient (Wildman–Crippen LogP) is 4.46. The molecule has 0 unspecified atom stereocenters. The topological polar surface area (TPSA) is 59.3 Å². The molecule has 4 aliphatic carbocycles. The summed E-state index contributed by atoms with van der Waals surface area (Å²) in [5.41, 5.74) is 0.912. The Kier molecular flexibility index (Phi) is 4.56. The molecule has 0 atom stereocenters. The van der Waals surface area contributed by atoms with Crippen LogP contribution in [0.15, 0.2) is 17.4 Å². The molecule has 0 spiro atoms. The number of nitrogens with zero attached hydrogens (tertiary/aromatic N) is 3. The number of aromatic nitrogens is 3. The summed E-state index contributed by atoms with van der Waals surface area (Å²) in [6.45, 7) is 0.828. The Morgan fingerprint density at radius 3 is 2.52 bits per heavy atom. The van der Waals surface area contributed by atoms with Gasteiger partial charge in [0.15, 0.2) is 10.8 Å². The van der Waals surface area contributed by atoms with Crippen molar-refractivity contribution >= 4 is 46.5 Å². The van der Waals surface area contributed by atoms with Crippen LogP contribution in [0.25, 0.3) is 5.65 Å². The Balaban J connectivity index is 1.20. The molecular weight excluding hydrogens is 403 g/mol. The number of pyridine rings is 1. The molecule has 4 saturated carbocycles. The Labute approximate surface area is 172 Å². The van der Waals surface area contributed by atoms with Crippen LogP contribution >= 0.6 is 35.0 Å². The van der Waals surface area contributed by atoms with Gasteiger partial charge in [-0.05, 0) is 67.8 Å². The standard InChI is InChI=1S/C19H22Cl2N4OS/c20-14-4-15(21)17-23-24-18(25(17)8-14)27-9-16(26)22-10-19-5-11-1-12(6-19)3-13(2-11)7-19/h4,8,11-13H,1-3,5-7,9-10H2,(H,22,26). The average Bonchev–Trinajstić information content (AvgIpc) is 3.00. The van der Waals surface area contributed by atoms with Crippen molar-refractivity contribution in [3.8, 4) is 0 Å². The largest absolute Gasteiger partial charge is 0.355 e. The van der Waals surface area contributed by atoms with Gasteiger partial charge >= 0.3 is 0 Å². The molecule has 4 bridgehead atoms. The number of carbonyl (C=O) groups is 1. The maximum absolute atomic E-state index is 12.5. The fourth-order valence-electron chi connectivity index (χ4n) is 5.97. The summed E-state index contributed by atoms with van der Waals surface area (Å²) in [5, 5.41) is 13.0. The molecule has 2 aromatic rings. The van der Waals surface area contributed by atoms with E-state index >= 15 is 0 Å². The summed E-state index contributed by atoms with van der Waals surface area (Å²) in [6, 6.07) is 1.64. The van der Waals surface area contributed by atoms with E-state index in [9.17, 15) is 4.79 Å². The second kappa shape index (κ2) is 6.82. The minimum absolute atomic E-state index is 0.0561. The molecule has 5 nitrogen and oxygen atoms in total. The van der Waals surface area contributed by atoms with Crippen molar-refractivity contribution in [3.05, 3.63) is 22.3 Å². The van der Waals surface area contributed by atoms with Crippen molar-refractivity contribution in [1.82, 2.24) is 19.9 Å². The highest BCUT2D eigenvalue weighted by Gasteiger charge is 2.50. The monoisotopic (exact) mass is 424 g/mol. The zero-order valence-corrected chi connectivity index (χ0v) is 17.3. The quantitative estimate of drug-likeness (QED) is 0.719. The van der Waals surface area contributed by atoms with Gasteiger partial charge in [-0.1, -0.05) is 35.0 Å². The van der Waals surface area contributed by atoms with Crippen LogP contribution in [0.2, 0.25) is 10.0 Å². The molecule has 1 N–H and O–H groups in total. The predicted molar refractivity (Wildman–Crippen MR) is 107 cm³/mol. The molecule has 0 saturated heterocycles. The van der Waals surface area contributed by atoms with Crippen LogP contribution in [0.5, 0.6) is 0 Å². The summed E-state index contributed by atoms with van der Waals surface area (Å²) in [4.78, 5) is 12.5. The molecule has 2 aromatic heterocycles. The van der Waals surface area contributed by atoms with Crippen LogP contribution < -0.4 is 5.32 Å². The van der Waals surface area contributed by atoms with E-state index in [0.717, 1.165) is 24.3 Å². The number of hydrogen-bond acceptors (Lipinski definition) is 4. The first-order valence-electron chi connectivity index (χ1n) is 9.59. The lowest BCUT2D eigenvalue weighted by Crippen LogP contribution is -2.51. The molecule has 0 radical (unpaired) electrons. The van der Waals surface area contributed by atoms with Gasteiger partial charge in [0, 0.05) is 12.7 Å². The fourth-order valence-corrected chi connectivity index (χ4v) is 7.22. The summed E-state index contributed by atoms with van der Waals surface area (Å²) < 4.78 is 1.74. The Morgan fingerprint density at radius 1 is 1.19 bits per heavy atom. The molecule has 144 valence electrons. The van der Waals surface area contributed by atoms with Crippen LogP contribution in [0.4, 0.5) is 0 Å². The van der Waals surface area contributed by atoms with Gasteiger partial charge in [-0.3, -0.25) is 9.20 Å². The van der Waals surface area contributed by atoms with Crippen LogP contribution in [0, 0.1) is 23.2 Å². The number of carbonyl (C=O) groups excluding carboxylic acids is 1. The van der Waals surface area contributed by atoms with Gasteiger partial charge in [-0.15, -0.1) is 10.2 Å². The van der Waals surface area contributed by atoms with Crippen molar-refractivity contribution in [1.29, 1.82) is 0 Å². The van der Waals surface area contributed by atoms with Gasteiger partial charge in [0.05, 0.1) is 15.8 Å². The summed E-state index contributed by atoms with van der Waals surface area (Å²) in [5.74, 6) is 3.08. The molecule has 6 rings (SSSR count). The first-order valence-corrected chi connectivity index (χ1v) is 11.3. The third-order valence-electron chi connectivity index (χ3n) is 6.55. The van der Waals surface area contributed by atoms with Crippen molar-refractivity contribution in [2.45, 2.75) is 43.7 Å². The van der Waals surface area contributed by atoms with Gasteiger partial charge in [-0.2, -0.15) is 0 Å². The molecule has 8 heteroatoms. The van der Waals surface area contributed by atoms with E-state index in [1.54, 1.807) is 16.7 Å². The van der Waals surface area contributed by atoms with Gasteiger partial charge in [-0.25, -0.2) is 0 Å². The highest BCUT2D eigenvalue weighted by atomic mass is 35.5. The highest BCUT2D eigenvalue weighted by Crippen LogP contribution is 2.59. The van der Waals surface area contributed by atoms with Gasteiger partial charge in [0.1, 0.15) is 0 Å². The Morgan fingerprint density at radius 2 is 1.85 bits per heavy atom. The molecule has 27 heavy (non-hydrogen) atoms. The minimum Gasteiger partial charge on any atom is -0.355 e. The third kappa shape index (κ3) is 3.45. The number of thioether (sulfide) groups is 1. The second-order valence-corrected chi connectivity index (χ2v) is 10.5. The Hall–Kier alpha value is -0.980. The van der Waals surface area contributed by atoms with E-state index in [4.69, 9.17) is 23.2 Å². The fraction of sp³-hybridized carbons (Fsp3) is 0.632. The summed E-state index contributed by atoms with van der Waals surface area (Å²) in [6.07, 6.45) is 9.91. The van der Waals surface area contributed by atoms with Gasteiger partial charge in [0.2, 0.25) is 5.91 Å². The normalized spacial score (nSPS) is 31.6. The van der Waals surface area contributed by atoms with Crippen molar-refractivity contribution < 1.29 is 4.79 Å². The first kappa shape index (κ1) is 18.1. The van der Waals surface area contributed by atoms with E-state index in [1.807, 2.05) is 0 Å². The summed E-state index contributed by atoms with van der Waals surface area (Å²) >= 11 is 13.6. The highest BCUT2D eigenvalue weighted by molar-refractivity contribution is 7.99.